The highest BCUT2D eigenvalue weighted by Gasteiger charge is 2.38. The third-order valence-electron chi connectivity index (χ3n) is 4.96. The normalized spacial score (nSPS) is 39.0. The van der Waals surface area contributed by atoms with E-state index in [4.69, 9.17) is 4.74 Å². The third kappa shape index (κ3) is 2.14. The van der Waals surface area contributed by atoms with Gasteiger partial charge in [-0.3, -0.25) is 0 Å². The maximum absolute atomic E-state index is 6.34. The van der Waals surface area contributed by atoms with Crippen LogP contribution in [0.25, 0.3) is 0 Å². The number of fused-ring (bicyclic) bond motifs is 1. The van der Waals surface area contributed by atoms with Gasteiger partial charge < -0.3 is 10.1 Å². The number of hydrogen-bond acceptors (Lipinski definition) is 2. The van der Waals surface area contributed by atoms with E-state index in [1.165, 1.54) is 57.8 Å². The molecule has 16 heavy (non-hydrogen) atoms. The lowest BCUT2D eigenvalue weighted by Crippen LogP contribution is -2.45. The van der Waals surface area contributed by atoms with Crippen LogP contribution in [0.5, 0.6) is 0 Å². The highest BCUT2D eigenvalue weighted by Crippen LogP contribution is 2.36. The second kappa shape index (κ2) is 4.66. The summed E-state index contributed by atoms with van der Waals surface area (Å²) >= 11 is 0. The summed E-state index contributed by atoms with van der Waals surface area (Å²) < 4.78 is 6.34. The van der Waals surface area contributed by atoms with E-state index in [0.29, 0.717) is 0 Å². The molecule has 0 bridgehead atoms. The first kappa shape index (κ1) is 11.0. The molecule has 0 aromatic carbocycles. The van der Waals surface area contributed by atoms with Gasteiger partial charge >= 0.3 is 0 Å². The molecule has 2 atom stereocenters. The fourth-order valence-electron chi connectivity index (χ4n) is 3.85. The topological polar surface area (TPSA) is 21.3 Å². The van der Waals surface area contributed by atoms with Crippen LogP contribution in [-0.4, -0.2) is 24.8 Å². The van der Waals surface area contributed by atoms with Crippen molar-refractivity contribution in [2.75, 3.05) is 13.2 Å². The Hall–Kier alpha value is -0.0800. The predicted molar refractivity (Wildman–Crippen MR) is 65.5 cm³/mol. The van der Waals surface area contributed by atoms with Crippen molar-refractivity contribution in [2.45, 2.75) is 69.4 Å². The molecule has 0 amide bonds. The molecule has 0 radical (unpaired) electrons. The summed E-state index contributed by atoms with van der Waals surface area (Å²) in [4.78, 5) is 0. The van der Waals surface area contributed by atoms with E-state index in [1.54, 1.807) is 0 Å². The minimum Gasteiger partial charge on any atom is -0.373 e. The highest BCUT2D eigenvalue weighted by molar-refractivity contribution is 4.93. The quantitative estimate of drug-likeness (QED) is 0.682. The standard InChI is InChI=1S/C14H25NO/c1-4-8-14(9-5-1)11-15-13-7-3-2-6-12(13)10-16-14/h12-13,15H,1-11H2. The molecular weight excluding hydrogens is 198 g/mol. The van der Waals surface area contributed by atoms with Gasteiger partial charge in [-0.05, 0) is 31.6 Å². The molecule has 3 rings (SSSR count). The van der Waals surface area contributed by atoms with Crippen molar-refractivity contribution in [1.82, 2.24) is 5.32 Å². The van der Waals surface area contributed by atoms with Crippen molar-refractivity contribution in [2.24, 2.45) is 5.92 Å². The summed E-state index contributed by atoms with van der Waals surface area (Å²) in [5.74, 6) is 0.801. The molecule has 2 saturated carbocycles. The van der Waals surface area contributed by atoms with Crippen molar-refractivity contribution < 1.29 is 4.74 Å². The number of nitrogens with one attached hydrogen (secondary N) is 1. The Morgan fingerprint density at radius 2 is 1.75 bits per heavy atom. The Balaban J connectivity index is 1.67. The lowest BCUT2D eigenvalue weighted by Gasteiger charge is -2.36. The molecule has 0 aromatic rings. The van der Waals surface area contributed by atoms with E-state index in [0.717, 1.165) is 25.1 Å². The van der Waals surface area contributed by atoms with Crippen LogP contribution in [0.2, 0.25) is 0 Å². The van der Waals surface area contributed by atoms with Gasteiger partial charge in [0.05, 0.1) is 12.2 Å². The molecule has 1 aliphatic heterocycles. The SMILES string of the molecule is C1CCC2(CC1)CNC1CCCCC1CO2. The molecule has 3 aliphatic rings. The summed E-state index contributed by atoms with van der Waals surface area (Å²) in [5.41, 5.74) is 0.218. The van der Waals surface area contributed by atoms with E-state index in [9.17, 15) is 0 Å². The first-order valence-corrected chi connectivity index (χ1v) is 7.25. The van der Waals surface area contributed by atoms with Gasteiger partial charge in [0, 0.05) is 12.6 Å². The summed E-state index contributed by atoms with van der Waals surface area (Å²) in [5, 5.41) is 3.82. The fraction of sp³-hybridized carbons (Fsp3) is 1.00. The van der Waals surface area contributed by atoms with Crippen LogP contribution in [0.15, 0.2) is 0 Å². The Morgan fingerprint density at radius 3 is 2.62 bits per heavy atom. The molecule has 1 heterocycles. The number of rotatable bonds is 0. The van der Waals surface area contributed by atoms with Gasteiger partial charge in [-0.2, -0.15) is 0 Å². The molecule has 92 valence electrons. The van der Waals surface area contributed by atoms with Crippen molar-refractivity contribution in [1.29, 1.82) is 0 Å². The van der Waals surface area contributed by atoms with E-state index in [1.807, 2.05) is 0 Å². The van der Waals surface area contributed by atoms with Crippen LogP contribution in [0, 0.1) is 5.92 Å². The highest BCUT2D eigenvalue weighted by atomic mass is 16.5. The minimum atomic E-state index is 0.218. The summed E-state index contributed by atoms with van der Waals surface area (Å²) in [6.07, 6.45) is 12.3. The second-order valence-electron chi connectivity index (χ2n) is 6.09. The smallest absolute Gasteiger partial charge is 0.0806 e. The molecular formula is C14H25NO. The lowest BCUT2D eigenvalue weighted by atomic mass is 9.84. The van der Waals surface area contributed by atoms with Gasteiger partial charge in [0.1, 0.15) is 0 Å². The van der Waals surface area contributed by atoms with Crippen LogP contribution >= 0.6 is 0 Å². The lowest BCUT2D eigenvalue weighted by molar-refractivity contribution is -0.0693. The molecule has 1 spiro atoms. The molecule has 3 fully saturated rings. The van der Waals surface area contributed by atoms with Crippen LogP contribution < -0.4 is 5.32 Å². The maximum atomic E-state index is 6.34. The van der Waals surface area contributed by atoms with Gasteiger partial charge in [0.2, 0.25) is 0 Å². The molecule has 2 unspecified atom stereocenters. The number of ether oxygens (including phenoxy) is 1. The zero-order chi connectivity index (χ0) is 10.8. The van der Waals surface area contributed by atoms with Crippen LogP contribution in [0.4, 0.5) is 0 Å². The second-order valence-corrected chi connectivity index (χ2v) is 6.09. The minimum absolute atomic E-state index is 0.218. The number of hydrogen-bond donors (Lipinski definition) is 1. The first-order chi connectivity index (χ1) is 7.88. The Morgan fingerprint density at radius 1 is 0.938 bits per heavy atom. The summed E-state index contributed by atoms with van der Waals surface area (Å²) in [6.45, 7) is 2.14. The van der Waals surface area contributed by atoms with Crippen molar-refractivity contribution in [3.8, 4) is 0 Å². The zero-order valence-corrected chi connectivity index (χ0v) is 10.3. The van der Waals surface area contributed by atoms with Gasteiger partial charge in [0.15, 0.2) is 0 Å². The van der Waals surface area contributed by atoms with Gasteiger partial charge in [0.25, 0.3) is 0 Å². The van der Waals surface area contributed by atoms with Crippen LogP contribution in [-0.2, 0) is 4.74 Å². The Labute approximate surface area is 99.1 Å². The molecule has 2 nitrogen and oxygen atoms in total. The fourth-order valence-corrected chi connectivity index (χ4v) is 3.85. The van der Waals surface area contributed by atoms with Crippen LogP contribution in [0.1, 0.15) is 57.8 Å². The van der Waals surface area contributed by atoms with Gasteiger partial charge in [-0.25, -0.2) is 0 Å². The van der Waals surface area contributed by atoms with E-state index in [-0.39, 0.29) is 5.60 Å². The summed E-state index contributed by atoms with van der Waals surface area (Å²) in [6, 6.07) is 0.759. The summed E-state index contributed by atoms with van der Waals surface area (Å²) in [7, 11) is 0. The average molecular weight is 223 g/mol. The Bertz CT molecular complexity index is 217. The maximum Gasteiger partial charge on any atom is 0.0806 e. The van der Waals surface area contributed by atoms with Gasteiger partial charge in [-0.15, -0.1) is 0 Å². The molecule has 1 saturated heterocycles. The van der Waals surface area contributed by atoms with Crippen molar-refractivity contribution in [3.05, 3.63) is 0 Å². The van der Waals surface area contributed by atoms with Crippen molar-refractivity contribution >= 4 is 0 Å². The van der Waals surface area contributed by atoms with E-state index >= 15 is 0 Å². The van der Waals surface area contributed by atoms with Crippen molar-refractivity contribution in [3.63, 3.8) is 0 Å². The largest absolute Gasteiger partial charge is 0.373 e. The molecule has 2 heteroatoms. The van der Waals surface area contributed by atoms with Gasteiger partial charge in [-0.1, -0.05) is 32.1 Å². The molecule has 2 aliphatic carbocycles. The Kier molecular flexibility index (Phi) is 3.21. The third-order valence-corrected chi connectivity index (χ3v) is 4.96. The molecule has 1 N–H and O–H groups in total. The zero-order valence-electron chi connectivity index (χ0n) is 10.3. The van der Waals surface area contributed by atoms with E-state index in [2.05, 4.69) is 5.32 Å². The van der Waals surface area contributed by atoms with Crippen LogP contribution in [0.3, 0.4) is 0 Å². The monoisotopic (exact) mass is 223 g/mol. The van der Waals surface area contributed by atoms with E-state index < -0.39 is 0 Å². The predicted octanol–water partition coefficient (Wildman–Crippen LogP) is 2.87. The molecule has 0 aromatic heterocycles. The average Bonchev–Trinajstić information content (AvgIpc) is 2.52. The first-order valence-electron chi connectivity index (χ1n) is 7.25.